The van der Waals surface area contributed by atoms with Crippen molar-refractivity contribution in [1.29, 1.82) is 0 Å². The molecule has 0 unspecified atom stereocenters. The maximum atomic E-state index is 5.41. The molecule has 62 heavy (non-hydrogen) atoms. The van der Waals surface area contributed by atoms with Crippen molar-refractivity contribution in [3.8, 4) is 67.3 Å². The molecule has 2 aromatic heterocycles. The number of fused-ring (bicyclic) bond motifs is 6. The van der Waals surface area contributed by atoms with E-state index in [-0.39, 0.29) is 0 Å². The SMILES string of the molecule is c1ccc(-c2cc(-c3cc(-c4cccc5c4sc4ccccc45)nc(-c4ccccc4)n3)cc(-c3cccc4c3C(c3ccccc3)(c3ccccc3)c3ccccc3-4)c2)cc1. The van der Waals surface area contributed by atoms with Gasteiger partial charge in [0, 0.05) is 36.9 Å². The number of aromatic nitrogens is 2. The highest BCUT2D eigenvalue weighted by Crippen LogP contribution is 2.59. The zero-order valence-electron chi connectivity index (χ0n) is 33.7. The normalized spacial score (nSPS) is 12.6. The molecule has 0 spiro atoms. The van der Waals surface area contributed by atoms with E-state index in [0.29, 0.717) is 5.82 Å². The zero-order chi connectivity index (χ0) is 41.0. The molecule has 3 heteroatoms. The Kier molecular flexibility index (Phi) is 8.62. The van der Waals surface area contributed by atoms with E-state index in [4.69, 9.17) is 9.97 Å². The molecule has 2 heterocycles. The molecular formula is C59H38N2S. The Hall–Kier alpha value is -7.72. The summed E-state index contributed by atoms with van der Waals surface area (Å²) in [5.41, 5.74) is 16.5. The second-order valence-electron chi connectivity index (χ2n) is 16.0. The molecule has 1 aliphatic carbocycles. The predicted molar refractivity (Wildman–Crippen MR) is 259 cm³/mol. The lowest BCUT2D eigenvalue weighted by molar-refractivity contribution is 0.770. The van der Waals surface area contributed by atoms with Crippen LogP contribution in [0.25, 0.3) is 87.5 Å². The number of hydrogen-bond donors (Lipinski definition) is 0. The molecule has 0 saturated carbocycles. The Balaban J connectivity index is 1.14. The first-order chi connectivity index (χ1) is 30.7. The summed E-state index contributed by atoms with van der Waals surface area (Å²) < 4.78 is 2.50. The van der Waals surface area contributed by atoms with Gasteiger partial charge in [0.05, 0.1) is 16.8 Å². The number of nitrogens with zero attached hydrogens (tertiary/aromatic N) is 2. The van der Waals surface area contributed by atoms with E-state index in [1.54, 1.807) is 0 Å². The molecule has 0 radical (unpaired) electrons. The van der Waals surface area contributed by atoms with Crippen LogP contribution in [0.1, 0.15) is 22.3 Å². The van der Waals surface area contributed by atoms with E-state index in [2.05, 4.69) is 224 Å². The minimum absolute atomic E-state index is 0.556. The quantitative estimate of drug-likeness (QED) is 0.160. The zero-order valence-corrected chi connectivity index (χ0v) is 34.6. The van der Waals surface area contributed by atoms with Crippen molar-refractivity contribution < 1.29 is 0 Å². The minimum atomic E-state index is -0.556. The van der Waals surface area contributed by atoms with Crippen LogP contribution < -0.4 is 0 Å². The molecule has 0 N–H and O–H groups in total. The van der Waals surface area contributed by atoms with E-state index in [0.717, 1.165) is 44.8 Å². The van der Waals surface area contributed by atoms with Crippen LogP contribution in [0.15, 0.2) is 231 Å². The molecule has 9 aromatic carbocycles. The van der Waals surface area contributed by atoms with Crippen LogP contribution in [0.2, 0.25) is 0 Å². The lowest BCUT2D eigenvalue weighted by atomic mass is 9.66. The van der Waals surface area contributed by atoms with Crippen molar-refractivity contribution in [2.45, 2.75) is 5.41 Å². The van der Waals surface area contributed by atoms with Crippen molar-refractivity contribution in [3.63, 3.8) is 0 Å². The molecule has 11 aromatic rings. The second kappa shape index (κ2) is 14.8. The first kappa shape index (κ1) is 36.2. The van der Waals surface area contributed by atoms with Crippen molar-refractivity contribution in [1.82, 2.24) is 9.97 Å². The van der Waals surface area contributed by atoms with E-state index in [1.165, 1.54) is 59.1 Å². The fourth-order valence-corrected chi connectivity index (χ4v) is 11.1. The van der Waals surface area contributed by atoms with Crippen LogP contribution in [0, 0.1) is 0 Å². The van der Waals surface area contributed by atoms with Crippen LogP contribution in [-0.4, -0.2) is 9.97 Å². The van der Waals surface area contributed by atoms with Crippen molar-refractivity contribution in [2.75, 3.05) is 0 Å². The Labute approximate surface area is 365 Å². The highest BCUT2D eigenvalue weighted by Gasteiger charge is 2.47. The molecule has 0 saturated heterocycles. The van der Waals surface area contributed by atoms with Crippen molar-refractivity contribution >= 4 is 31.5 Å². The van der Waals surface area contributed by atoms with Gasteiger partial charge in [-0.25, -0.2) is 9.97 Å². The summed E-state index contributed by atoms with van der Waals surface area (Å²) in [5.74, 6) is 0.700. The summed E-state index contributed by atoms with van der Waals surface area (Å²) in [6, 6.07) is 83.6. The first-order valence-electron chi connectivity index (χ1n) is 21.1. The van der Waals surface area contributed by atoms with Crippen molar-refractivity contribution in [2.24, 2.45) is 0 Å². The Morgan fingerprint density at radius 3 is 1.63 bits per heavy atom. The largest absolute Gasteiger partial charge is 0.228 e. The monoisotopic (exact) mass is 806 g/mol. The van der Waals surface area contributed by atoms with Gasteiger partial charge in [0.15, 0.2) is 5.82 Å². The van der Waals surface area contributed by atoms with E-state index >= 15 is 0 Å². The van der Waals surface area contributed by atoms with Gasteiger partial charge in [-0.3, -0.25) is 0 Å². The predicted octanol–water partition coefficient (Wildman–Crippen LogP) is 15.5. The average molecular weight is 807 g/mol. The van der Waals surface area contributed by atoms with Gasteiger partial charge in [0.25, 0.3) is 0 Å². The molecule has 0 bridgehead atoms. The Bertz CT molecular complexity index is 3410. The molecule has 0 aliphatic heterocycles. The lowest BCUT2D eigenvalue weighted by Gasteiger charge is -2.35. The van der Waals surface area contributed by atoms with Gasteiger partial charge < -0.3 is 0 Å². The Morgan fingerprint density at radius 1 is 0.339 bits per heavy atom. The third-order valence-electron chi connectivity index (χ3n) is 12.6. The summed E-state index contributed by atoms with van der Waals surface area (Å²) in [7, 11) is 0. The summed E-state index contributed by atoms with van der Waals surface area (Å²) in [5, 5.41) is 2.52. The fraction of sp³-hybridized carbons (Fsp3) is 0.0169. The summed E-state index contributed by atoms with van der Waals surface area (Å²) in [6.07, 6.45) is 0. The summed E-state index contributed by atoms with van der Waals surface area (Å²) >= 11 is 1.83. The Morgan fingerprint density at radius 2 is 0.871 bits per heavy atom. The standard InChI is InChI=1S/C59H38N2S/c1-5-19-39(20-6-1)41-35-42(46-29-17-30-49-47-27-13-15-33-52(47)59(56(46)49,44-23-9-3-10-24-44)45-25-11-4-12-26-45)37-43(36-41)53-38-54(61-58(60-53)40-21-7-2-8-22-40)51-32-18-31-50-48-28-14-16-34-55(48)62-57(50)51/h1-38H. The van der Waals surface area contributed by atoms with Crippen LogP contribution in [-0.2, 0) is 5.41 Å². The molecule has 0 atom stereocenters. The molecule has 12 rings (SSSR count). The third-order valence-corrected chi connectivity index (χ3v) is 13.8. The topological polar surface area (TPSA) is 25.8 Å². The van der Waals surface area contributed by atoms with Gasteiger partial charge in [0.2, 0.25) is 0 Å². The average Bonchev–Trinajstić information content (AvgIpc) is 3.89. The van der Waals surface area contributed by atoms with Crippen LogP contribution >= 0.6 is 11.3 Å². The number of thiophene rings is 1. The van der Waals surface area contributed by atoms with Crippen molar-refractivity contribution in [3.05, 3.63) is 253 Å². The maximum Gasteiger partial charge on any atom is 0.160 e. The summed E-state index contributed by atoms with van der Waals surface area (Å²) in [4.78, 5) is 10.7. The maximum absolute atomic E-state index is 5.41. The first-order valence-corrected chi connectivity index (χ1v) is 22.0. The molecular weight excluding hydrogens is 769 g/mol. The molecule has 0 fully saturated rings. The number of benzene rings is 9. The molecule has 2 nitrogen and oxygen atoms in total. The highest BCUT2D eigenvalue weighted by atomic mass is 32.1. The number of rotatable bonds is 7. The van der Waals surface area contributed by atoms with Gasteiger partial charge in [-0.05, 0) is 86.0 Å². The van der Waals surface area contributed by atoms with Gasteiger partial charge >= 0.3 is 0 Å². The van der Waals surface area contributed by atoms with E-state index < -0.39 is 5.41 Å². The van der Waals surface area contributed by atoms with Crippen LogP contribution in [0.3, 0.4) is 0 Å². The van der Waals surface area contributed by atoms with Gasteiger partial charge in [-0.1, -0.05) is 200 Å². The van der Waals surface area contributed by atoms with E-state index in [9.17, 15) is 0 Å². The molecule has 1 aliphatic rings. The summed E-state index contributed by atoms with van der Waals surface area (Å²) in [6.45, 7) is 0. The van der Waals surface area contributed by atoms with Crippen LogP contribution in [0.4, 0.5) is 0 Å². The molecule has 290 valence electrons. The van der Waals surface area contributed by atoms with Gasteiger partial charge in [-0.2, -0.15) is 0 Å². The second-order valence-corrected chi connectivity index (χ2v) is 17.1. The number of hydrogen-bond acceptors (Lipinski definition) is 3. The minimum Gasteiger partial charge on any atom is -0.228 e. The fourth-order valence-electron chi connectivity index (χ4n) is 9.87. The van der Waals surface area contributed by atoms with Crippen LogP contribution in [0.5, 0.6) is 0 Å². The lowest BCUT2D eigenvalue weighted by Crippen LogP contribution is -2.29. The molecule has 0 amide bonds. The van der Waals surface area contributed by atoms with Gasteiger partial charge in [0.1, 0.15) is 0 Å². The smallest absolute Gasteiger partial charge is 0.160 e. The highest BCUT2D eigenvalue weighted by molar-refractivity contribution is 7.26. The van der Waals surface area contributed by atoms with E-state index in [1.807, 2.05) is 17.4 Å². The third kappa shape index (κ3) is 5.78. The van der Waals surface area contributed by atoms with Gasteiger partial charge in [-0.15, -0.1) is 11.3 Å².